The zero-order valence-electron chi connectivity index (χ0n) is 10.8. The van der Waals surface area contributed by atoms with Crippen molar-refractivity contribution in [3.05, 3.63) is 0 Å². The molecule has 2 nitrogen and oxygen atoms in total. The third-order valence-corrected chi connectivity index (χ3v) is 3.19. The maximum atomic E-state index is 5.52. The second-order valence-electron chi connectivity index (χ2n) is 5.26. The Morgan fingerprint density at radius 1 is 1.27 bits per heavy atom. The smallest absolute Gasteiger partial charge is 0.0622 e. The van der Waals surface area contributed by atoms with E-state index >= 15 is 0 Å². The summed E-state index contributed by atoms with van der Waals surface area (Å²) in [6.45, 7) is 10.6. The Balaban J connectivity index is 2.21. The Morgan fingerprint density at radius 3 is 2.40 bits per heavy atom. The molecule has 2 heteroatoms. The Hall–Kier alpha value is -0.0800. The molecule has 0 aromatic heterocycles. The molecule has 1 saturated carbocycles. The first-order chi connectivity index (χ1) is 7.13. The predicted molar refractivity (Wildman–Crippen MR) is 65.1 cm³/mol. The second kappa shape index (κ2) is 6.49. The van der Waals surface area contributed by atoms with Crippen molar-refractivity contribution in [1.29, 1.82) is 0 Å². The van der Waals surface area contributed by atoms with E-state index < -0.39 is 0 Å². The molecule has 1 aliphatic carbocycles. The minimum absolute atomic E-state index is 0.513. The SMILES string of the molecule is CCOCC(NC(C)CC1CC1)C(C)C. The van der Waals surface area contributed by atoms with Gasteiger partial charge >= 0.3 is 0 Å². The summed E-state index contributed by atoms with van der Waals surface area (Å²) in [5.41, 5.74) is 0. The predicted octanol–water partition coefficient (Wildman–Crippen LogP) is 2.83. The number of ether oxygens (including phenoxy) is 1. The lowest BCUT2D eigenvalue weighted by Gasteiger charge is -2.26. The fourth-order valence-corrected chi connectivity index (χ4v) is 1.96. The van der Waals surface area contributed by atoms with Gasteiger partial charge in [-0.05, 0) is 32.1 Å². The summed E-state index contributed by atoms with van der Waals surface area (Å²) >= 11 is 0. The normalized spacial score (nSPS) is 20.6. The molecule has 1 fully saturated rings. The van der Waals surface area contributed by atoms with E-state index in [1.165, 1.54) is 19.3 Å². The maximum Gasteiger partial charge on any atom is 0.0622 e. The third kappa shape index (κ3) is 5.53. The number of hydrogen-bond acceptors (Lipinski definition) is 2. The van der Waals surface area contributed by atoms with Gasteiger partial charge in [0, 0.05) is 18.7 Å². The molecule has 2 atom stereocenters. The summed E-state index contributed by atoms with van der Waals surface area (Å²) < 4.78 is 5.52. The van der Waals surface area contributed by atoms with Gasteiger partial charge in [-0.2, -0.15) is 0 Å². The first kappa shape index (κ1) is 13.0. The van der Waals surface area contributed by atoms with Gasteiger partial charge in [0.25, 0.3) is 0 Å². The molecule has 0 radical (unpaired) electrons. The summed E-state index contributed by atoms with van der Waals surface area (Å²) in [5.74, 6) is 1.66. The molecule has 0 amide bonds. The quantitative estimate of drug-likeness (QED) is 0.669. The molecule has 1 aliphatic rings. The van der Waals surface area contributed by atoms with Crippen molar-refractivity contribution in [3.63, 3.8) is 0 Å². The van der Waals surface area contributed by atoms with Crippen LogP contribution in [0.1, 0.15) is 47.0 Å². The molecule has 0 spiro atoms. The summed E-state index contributed by atoms with van der Waals surface area (Å²) in [7, 11) is 0. The van der Waals surface area contributed by atoms with E-state index in [1.54, 1.807) is 0 Å². The van der Waals surface area contributed by atoms with Crippen LogP contribution in [0.2, 0.25) is 0 Å². The summed E-state index contributed by atoms with van der Waals surface area (Å²) in [4.78, 5) is 0. The van der Waals surface area contributed by atoms with Crippen LogP contribution in [-0.2, 0) is 4.74 Å². The van der Waals surface area contributed by atoms with Crippen LogP contribution < -0.4 is 5.32 Å². The number of nitrogens with one attached hydrogen (secondary N) is 1. The van der Waals surface area contributed by atoms with Gasteiger partial charge in [0.2, 0.25) is 0 Å². The molecule has 15 heavy (non-hydrogen) atoms. The highest BCUT2D eigenvalue weighted by molar-refractivity contribution is 4.81. The van der Waals surface area contributed by atoms with E-state index in [2.05, 4.69) is 33.0 Å². The molecular weight excluding hydrogens is 186 g/mol. The van der Waals surface area contributed by atoms with Crippen LogP contribution in [0.5, 0.6) is 0 Å². The second-order valence-corrected chi connectivity index (χ2v) is 5.26. The van der Waals surface area contributed by atoms with E-state index in [0.717, 1.165) is 19.1 Å². The van der Waals surface area contributed by atoms with Gasteiger partial charge in [-0.3, -0.25) is 0 Å². The summed E-state index contributed by atoms with van der Waals surface area (Å²) in [6.07, 6.45) is 4.24. The molecule has 0 heterocycles. The van der Waals surface area contributed by atoms with Crippen LogP contribution in [0.4, 0.5) is 0 Å². The highest BCUT2D eigenvalue weighted by Gasteiger charge is 2.25. The molecule has 90 valence electrons. The highest BCUT2D eigenvalue weighted by atomic mass is 16.5. The van der Waals surface area contributed by atoms with Crippen molar-refractivity contribution in [2.45, 2.75) is 59.0 Å². The third-order valence-electron chi connectivity index (χ3n) is 3.19. The van der Waals surface area contributed by atoms with Gasteiger partial charge in [-0.1, -0.05) is 26.7 Å². The molecule has 0 bridgehead atoms. The lowest BCUT2D eigenvalue weighted by atomic mass is 10.0. The van der Waals surface area contributed by atoms with E-state index in [-0.39, 0.29) is 0 Å². The molecule has 1 rings (SSSR count). The lowest BCUT2D eigenvalue weighted by molar-refractivity contribution is 0.103. The molecule has 1 N–H and O–H groups in total. The Morgan fingerprint density at radius 2 is 1.93 bits per heavy atom. The van der Waals surface area contributed by atoms with Gasteiger partial charge < -0.3 is 10.1 Å². The summed E-state index contributed by atoms with van der Waals surface area (Å²) in [6, 6.07) is 1.16. The fraction of sp³-hybridized carbons (Fsp3) is 1.00. The first-order valence-electron chi connectivity index (χ1n) is 6.47. The fourth-order valence-electron chi connectivity index (χ4n) is 1.96. The lowest BCUT2D eigenvalue weighted by Crippen LogP contribution is -2.43. The molecule has 0 aliphatic heterocycles. The van der Waals surface area contributed by atoms with E-state index in [1.807, 2.05) is 0 Å². The van der Waals surface area contributed by atoms with E-state index in [4.69, 9.17) is 4.74 Å². The number of hydrogen-bond donors (Lipinski definition) is 1. The van der Waals surface area contributed by atoms with Crippen molar-refractivity contribution in [2.24, 2.45) is 11.8 Å². The summed E-state index contributed by atoms with van der Waals surface area (Å²) in [5, 5.41) is 3.70. The van der Waals surface area contributed by atoms with Gasteiger partial charge in [0.1, 0.15) is 0 Å². The van der Waals surface area contributed by atoms with Crippen LogP contribution in [0.15, 0.2) is 0 Å². The average molecular weight is 213 g/mol. The zero-order chi connectivity index (χ0) is 11.3. The Kier molecular flexibility index (Phi) is 5.62. The molecule has 2 unspecified atom stereocenters. The molecule has 0 aromatic carbocycles. The highest BCUT2D eigenvalue weighted by Crippen LogP contribution is 2.33. The molecule has 0 aromatic rings. The minimum atomic E-state index is 0.513. The van der Waals surface area contributed by atoms with Crippen molar-refractivity contribution in [3.8, 4) is 0 Å². The Labute approximate surface area is 94.8 Å². The standard InChI is InChI=1S/C13H27NO/c1-5-15-9-13(10(2)3)14-11(4)8-12-6-7-12/h10-14H,5-9H2,1-4H3. The van der Waals surface area contributed by atoms with Crippen LogP contribution in [0, 0.1) is 11.8 Å². The van der Waals surface area contributed by atoms with Crippen LogP contribution >= 0.6 is 0 Å². The Bertz CT molecular complexity index is 166. The van der Waals surface area contributed by atoms with Crippen LogP contribution in [-0.4, -0.2) is 25.3 Å². The van der Waals surface area contributed by atoms with Gasteiger partial charge in [-0.25, -0.2) is 0 Å². The van der Waals surface area contributed by atoms with Crippen LogP contribution in [0.25, 0.3) is 0 Å². The van der Waals surface area contributed by atoms with Gasteiger partial charge in [0.05, 0.1) is 6.61 Å². The van der Waals surface area contributed by atoms with Crippen LogP contribution in [0.3, 0.4) is 0 Å². The zero-order valence-corrected chi connectivity index (χ0v) is 10.8. The maximum absolute atomic E-state index is 5.52. The van der Waals surface area contributed by atoms with Gasteiger partial charge in [0.15, 0.2) is 0 Å². The molecule has 0 saturated heterocycles. The largest absolute Gasteiger partial charge is 0.380 e. The van der Waals surface area contributed by atoms with E-state index in [0.29, 0.717) is 18.0 Å². The van der Waals surface area contributed by atoms with Gasteiger partial charge in [-0.15, -0.1) is 0 Å². The van der Waals surface area contributed by atoms with Crippen molar-refractivity contribution >= 4 is 0 Å². The van der Waals surface area contributed by atoms with E-state index in [9.17, 15) is 0 Å². The van der Waals surface area contributed by atoms with Crippen molar-refractivity contribution in [1.82, 2.24) is 5.32 Å². The minimum Gasteiger partial charge on any atom is -0.380 e. The first-order valence-corrected chi connectivity index (χ1v) is 6.47. The molecular formula is C13H27NO. The average Bonchev–Trinajstić information content (AvgIpc) is 2.95. The van der Waals surface area contributed by atoms with Crippen molar-refractivity contribution in [2.75, 3.05) is 13.2 Å². The number of rotatable bonds is 8. The van der Waals surface area contributed by atoms with Crippen molar-refractivity contribution < 1.29 is 4.74 Å². The topological polar surface area (TPSA) is 21.3 Å². The monoisotopic (exact) mass is 213 g/mol.